The average Bonchev–Trinajstić information content (AvgIpc) is 2.81. The van der Waals surface area contributed by atoms with Crippen LogP contribution in [0.1, 0.15) is 30.9 Å². The van der Waals surface area contributed by atoms with Crippen LogP contribution in [0.3, 0.4) is 0 Å². The van der Waals surface area contributed by atoms with Crippen LogP contribution in [-0.4, -0.2) is 94.1 Å². The molecule has 1 aromatic rings. The first-order chi connectivity index (χ1) is 16.7. The number of thioether (sulfide) groups is 1. The van der Waals surface area contributed by atoms with E-state index in [0.29, 0.717) is 30.9 Å². The molecule has 0 saturated carbocycles. The first kappa shape index (κ1) is 32.4. The number of unbranched alkanes of at least 4 members (excludes halogenated alkanes) is 1. The second-order valence-electron chi connectivity index (χ2n) is 8.53. The van der Waals surface area contributed by atoms with Gasteiger partial charge in [0.25, 0.3) is 0 Å². The smallest absolute Gasteiger partial charge is 0.246 e. The normalized spacial score (nSPS) is 10.7. The quantitative estimate of drug-likeness (QED) is 0.376. The summed E-state index contributed by atoms with van der Waals surface area (Å²) in [7, 11) is 9.61. The van der Waals surface area contributed by atoms with Gasteiger partial charge < -0.3 is 24.8 Å². The Morgan fingerprint density at radius 3 is 2.46 bits per heavy atom. The summed E-state index contributed by atoms with van der Waals surface area (Å²) in [6.07, 6.45) is 12.3. The maximum absolute atomic E-state index is 12.5. The van der Waals surface area contributed by atoms with Gasteiger partial charge in [-0.3, -0.25) is 4.79 Å². The molecule has 0 aliphatic heterocycles. The van der Waals surface area contributed by atoms with Gasteiger partial charge in [0.05, 0.1) is 24.4 Å². The van der Waals surface area contributed by atoms with E-state index in [1.165, 1.54) is 12.8 Å². The number of nitrogens with zero attached hydrogens (tertiary/aromatic N) is 4. The second-order valence-corrected chi connectivity index (χ2v) is 9.51. The minimum atomic E-state index is 0.0151. The number of rotatable bonds is 14. The number of amides is 1. The highest BCUT2D eigenvalue weighted by Gasteiger charge is 2.12. The number of aryl methyl sites for hydroxylation is 1. The van der Waals surface area contributed by atoms with Crippen LogP contribution < -0.4 is 10.1 Å². The Morgan fingerprint density at radius 1 is 1.20 bits per heavy atom. The van der Waals surface area contributed by atoms with Gasteiger partial charge in [0.1, 0.15) is 5.75 Å². The summed E-state index contributed by atoms with van der Waals surface area (Å²) in [5, 5.41) is 12.5. The highest BCUT2D eigenvalue weighted by molar-refractivity contribution is 7.98. The average molecular weight is 504 g/mol. The Hall–Kier alpha value is -2.63. The van der Waals surface area contributed by atoms with Crippen molar-refractivity contribution < 1.29 is 9.53 Å². The van der Waals surface area contributed by atoms with E-state index >= 15 is 0 Å². The standard InChI is InChI=1S/C20H30N4O2S.C7H15N/c1-16-13-19(26-4)18(14-17(16)15-21)22-8-10-24(11-12-27-5)20(25)7-6-9-23(2)3;1-4-5-6-7-8(2)3/h6-7,13-14,22H,8-12H2,1-5H3;6-7H,4-5H2,1-3H3/b7-6+;7-6-. The lowest BCUT2D eigenvalue weighted by molar-refractivity contribution is -0.125. The first-order valence-electron chi connectivity index (χ1n) is 11.9. The van der Waals surface area contributed by atoms with Crippen LogP contribution in [0.4, 0.5) is 5.69 Å². The van der Waals surface area contributed by atoms with Crippen molar-refractivity contribution in [1.82, 2.24) is 14.7 Å². The van der Waals surface area contributed by atoms with Crippen molar-refractivity contribution in [2.75, 3.05) is 78.8 Å². The number of likely N-dealkylation sites (N-methyl/N-ethyl adjacent to an activating group) is 1. The molecule has 196 valence electrons. The molecule has 0 aliphatic rings. The lowest BCUT2D eigenvalue weighted by atomic mass is 10.1. The van der Waals surface area contributed by atoms with Crippen molar-refractivity contribution >= 4 is 23.4 Å². The molecule has 1 aromatic carbocycles. The zero-order valence-electron chi connectivity index (χ0n) is 22.9. The minimum absolute atomic E-state index is 0.0151. The number of hydrogen-bond acceptors (Lipinski definition) is 7. The number of nitriles is 1. The summed E-state index contributed by atoms with van der Waals surface area (Å²) in [6.45, 7) is 6.64. The molecule has 0 saturated heterocycles. The van der Waals surface area contributed by atoms with Crippen LogP contribution in [0, 0.1) is 18.3 Å². The summed E-state index contributed by atoms with van der Waals surface area (Å²) < 4.78 is 5.40. The zero-order chi connectivity index (χ0) is 26.6. The van der Waals surface area contributed by atoms with Crippen LogP contribution in [0.2, 0.25) is 0 Å². The monoisotopic (exact) mass is 503 g/mol. The molecule has 0 radical (unpaired) electrons. The maximum atomic E-state index is 12.5. The fourth-order valence-electron chi connectivity index (χ4n) is 2.89. The molecular formula is C27H45N5O2S. The molecule has 0 atom stereocenters. The third kappa shape index (κ3) is 15.1. The summed E-state index contributed by atoms with van der Waals surface area (Å²) >= 11 is 1.72. The van der Waals surface area contributed by atoms with Gasteiger partial charge >= 0.3 is 0 Å². The van der Waals surface area contributed by atoms with Gasteiger partial charge in [0.15, 0.2) is 0 Å². The molecule has 0 bridgehead atoms. The summed E-state index contributed by atoms with van der Waals surface area (Å²) in [5.74, 6) is 1.60. The highest BCUT2D eigenvalue weighted by atomic mass is 32.2. The Bertz CT molecular complexity index is 832. The van der Waals surface area contributed by atoms with Crippen LogP contribution in [0.5, 0.6) is 5.75 Å². The molecule has 0 spiro atoms. The summed E-state index contributed by atoms with van der Waals surface area (Å²) in [6, 6.07) is 5.83. The van der Waals surface area contributed by atoms with E-state index in [2.05, 4.69) is 35.5 Å². The number of nitrogens with one attached hydrogen (secondary N) is 1. The fourth-order valence-corrected chi connectivity index (χ4v) is 3.29. The number of benzene rings is 1. The Labute approximate surface area is 217 Å². The molecule has 0 aromatic heterocycles. The van der Waals surface area contributed by atoms with Gasteiger partial charge in [-0.15, -0.1) is 0 Å². The third-order valence-corrected chi connectivity index (χ3v) is 5.42. The fraction of sp³-hybridized carbons (Fsp3) is 0.556. The van der Waals surface area contributed by atoms with Crippen LogP contribution in [0.15, 0.2) is 36.6 Å². The van der Waals surface area contributed by atoms with E-state index in [1.807, 2.05) is 63.3 Å². The third-order valence-electron chi connectivity index (χ3n) is 4.83. The molecule has 0 aliphatic carbocycles. The molecule has 1 N–H and O–H groups in total. The van der Waals surface area contributed by atoms with Gasteiger partial charge in [-0.1, -0.05) is 25.5 Å². The Morgan fingerprint density at radius 2 is 1.91 bits per heavy atom. The van der Waals surface area contributed by atoms with E-state index in [9.17, 15) is 10.1 Å². The van der Waals surface area contributed by atoms with E-state index in [-0.39, 0.29) is 5.91 Å². The van der Waals surface area contributed by atoms with Crippen LogP contribution in [-0.2, 0) is 4.79 Å². The van der Waals surface area contributed by atoms with Gasteiger partial charge in [-0.05, 0) is 57.6 Å². The van der Waals surface area contributed by atoms with Crippen molar-refractivity contribution in [3.63, 3.8) is 0 Å². The van der Waals surface area contributed by atoms with Gasteiger partial charge in [0.2, 0.25) is 5.91 Å². The number of carbonyl (C=O) groups is 1. The largest absolute Gasteiger partial charge is 0.495 e. The lowest BCUT2D eigenvalue weighted by Gasteiger charge is -2.22. The van der Waals surface area contributed by atoms with Crippen LogP contribution >= 0.6 is 11.8 Å². The van der Waals surface area contributed by atoms with E-state index in [4.69, 9.17) is 4.74 Å². The number of hydrogen-bond donors (Lipinski definition) is 1. The highest BCUT2D eigenvalue weighted by Crippen LogP contribution is 2.27. The molecule has 7 nitrogen and oxygen atoms in total. The Balaban J connectivity index is 0.00000124. The van der Waals surface area contributed by atoms with E-state index in [1.54, 1.807) is 31.0 Å². The number of ether oxygens (including phenoxy) is 1. The number of methoxy groups -OCH3 is 1. The lowest BCUT2D eigenvalue weighted by Crippen LogP contribution is -2.35. The minimum Gasteiger partial charge on any atom is -0.495 e. The zero-order valence-corrected chi connectivity index (χ0v) is 23.7. The number of anilines is 1. The SMILES string of the molecule is CCC/C=C\N(C)C.COc1cc(C)c(C#N)cc1NCCN(CCSC)C(=O)/C=C/CN(C)C. The van der Waals surface area contributed by atoms with Crippen LogP contribution in [0.25, 0.3) is 0 Å². The van der Waals surface area contributed by atoms with Crippen molar-refractivity contribution in [1.29, 1.82) is 5.26 Å². The van der Waals surface area contributed by atoms with Gasteiger partial charge in [-0.25, -0.2) is 0 Å². The predicted molar refractivity (Wildman–Crippen MR) is 151 cm³/mol. The first-order valence-corrected chi connectivity index (χ1v) is 13.3. The molecule has 0 heterocycles. The molecule has 1 amide bonds. The summed E-state index contributed by atoms with van der Waals surface area (Å²) in [5.41, 5.74) is 2.25. The van der Waals surface area contributed by atoms with Crippen molar-refractivity contribution in [2.45, 2.75) is 26.7 Å². The van der Waals surface area contributed by atoms with Crippen molar-refractivity contribution in [3.8, 4) is 11.8 Å². The van der Waals surface area contributed by atoms with Gasteiger partial charge in [0, 0.05) is 52.1 Å². The van der Waals surface area contributed by atoms with Gasteiger partial charge in [-0.2, -0.15) is 17.0 Å². The summed E-state index contributed by atoms with van der Waals surface area (Å²) in [4.78, 5) is 18.4. The molecule has 35 heavy (non-hydrogen) atoms. The molecule has 0 fully saturated rings. The van der Waals surface area contributed by atoms with E-state index in [0.717, 1.165) is 23.5 Å². The molecule has 1 rings (SSSR count). The molecule has 0 unspecified atom stereocenters. The molecular weight excluding hydrogens is 458 g/mol. The maximum Gasteiger partial charge on any atom is 0.246 e. The Kier molecular flexibility index (Phi) is 18.2. The van der Waals surface area contributed by atoms with Crippen molar-refractivity contribution in [2.24, 2.45) is 0 Å². The van der Waals surface area contributed by atoms with E-state index < -0.39 is 0 Å². The van der Waals surface area contributed by atoms with Crippen molar-refractivity contribution in [3.05, 3.63) is 47.7 Å². The number of allylic oxidation sites excluding steroid dienone is 1. The number of carbonyl (C=O) groups excluding carboxylic acids is 1. The second kappa shape index (κ2) is 19.7. The topological polar surface area (TPSA) is 71.8 Å². The molecule has 8 heteroatoms. The predicted octanol–water partition coefficient (Wildman–Crippen LogP) is 4.46.